The highest BCUT2D eigenvalue weighted by Gasteiger charge is 2.37. The number of halogens is 1. The maximum atomic E-state index is 13.5. The Morgan fingerprint density at radius 3 is 2.31 bits per heavy atom. The molecule has 45 heavy (non-hydrogen) atoms. The molecular weight excluding hydrogens is 605 g/mol. The summed E-state index contributed by atoms with van der Waals surface area (Å²) in [4.78, 5) is 36.7. The maximum Gasteiger partial charge on any atom is 0.415 e. The number of likely N-dealkylation sites (tertiary alicyclic amines) is 1. The number of carboxylic acid groups (broad SMARTS) is 1. The summed E-state index contributed by atoms with van der Waals surface area (Å²) in [7, 11) is -4.48. The second-order valence-electron chi connectivity index (χ2n) is 10.2. The fourth-order valence-electron chi connectivity index (χ4n) is 4.69. The van der Waals surface area contributed by atoms with Gasteiger partial charge >= 0.3 is 12.1 Å². The quantitative estimate of drug-likeness (QED) is 0.151. The smallest absolute Gasteiger partial charge is 0.415 e. The average molecular weight is 640 g/mol. The zero-order valence-corrected chi connectivity index (χ0v) is 25.6. The third kappa shape index (κ3) is 7.41. The maximum absolute atomic E-state index is 13.5. The topological polar surface area (TPSA) is 171 Å². The largest absolute Gasteiger partial charge is 0.478 e. The Labute approximate surface area is 260 Å². The highest BCUT2D eigenvalue weighted by Crippen LogP contribution is 2.32. The van der Waals surface area contributed by atoms with E-state index in [0.29, 0.717) is 36.0 Å². The lowest BCUT2D eigenvalue weighted by atomic mass is 10.00. The first-order valence-corrected chi connectivity index (χ1v) is 15.6. The number of carboxylic acids is 1. The molecule has 1 fully saturated rings. The van der Waals surface area contributed by atoms with Gasteiger partial charge in [-0.05, 0) is 68.7 Å². The zero-order chi connectivity index (χ0) is 32.8. The summed E-state index contributed by atoms with van der Waals surface area (Å²) in [5, 5.41) is 12.9. The van der Waals surface area contributed by atoms with Gasteiger partial charge in [-0.25, -0.2) is 27.4 Å². The van der Waals surface area contributed by atoms with E-state index in [1.54, 1.807) is 21.9 Å². The molecule has 4 rings (SSSR count). The van der Waals surface area contributed by atoms with Gasteiger partial charge in [-0.1, -0.05) is 18.6 Å². The Balaban J connectivity index is 1.68. The van der Waals surface area contributed by atoms with Crippen LogP contribution < -0.4 is 25.0 Å². The fraction of sp³-hybridized carbons (Fsp3) is 0.333. The number of nitrogens with two attached hydrogens (primary N) is 1. The summed E-state index contributed by atoms with van der Waals surface area (Å²) in [6.07, 6.45) is 7.87. The number of ether oxygens (including phenoxy) is 1. The molecule has 15 heteroatoms. The Kier molecular flexibility index (Phi) is 10.1. The van der Waals surface area contributed by atoms with Crippen LogP contribution >= 0.6 is 0 Å². The van der Waals surface area contributed by atoms with Crippen LogP contribution in [0.2, 0.25) is 0 Å². The van der Waals surface area contributed by atoms with Crippen LogP contribution in [-0.2, 0) is 21.2 Å². The number of hydrogen-bond acceptors (Lipinski definition) is 10. The lowest BCUT2D eigenvalue weighted by molar-refractivity contribution is -0.142. The van der Waals surface area contributed by atoms with Gasteiger partial charge in [0.1, 0.15) is 17.3 Å². The molecule has 13 nitrogen and oxygen atoms in total. The van der Waals surface area contributed by atoms with Crippen molar-refractivity contribution in [2.75, 3.05) is 40.7 Å². The van der Waals surface area contributed by atoms with E-state index in [4.69, 9.17) is 16.9 Å². The number of terminal acetylenes is 1. The highest BCUT2D eigenvalue weighted by atomic mass is 32.2. The van der Waals surface area contributed by atoms with Crippen molar-refractivity contribution in [1.29, 1.82) is 0 Å². The fourth-order valence-corrected chi connectivity index (χ4v) is 5.92. The van der Waals surface area contributed by atoms with Crippen LogP contribution in [0.3, 0.4) is 0 Å². The van der Waals surface area contributed by atoms with Gasteiger partial charge in [0.2, 0.25) is 5.95 Å². The molecule has 2 heterocycles. The molecule has 1 aromatic heterocycles. The summed E-state index contributed by atoms with van der Waals surface area (Å²) in [5.74, 6) is -1.95. The molecule has 0 saturated carbocycles. The van der Waals surface area contributed by atoms with Crippen LogP contribution in [0.15, 0.2) is 59.6 Å². The zero-order valence-electron chi connectivity index (χ0n) is 24.8. The second kappa shape index (κ2) is 13.8. The van der Waals surface area contributed by atoms with Crippen LogP contribution in [0, 0.1) is 18.3 Å². The SMILES string of the molecule is C#CN(c1cnc(N(CC)CC)nc1NC(N)(Cc1ccc(OC(=O)N2CCCC2)cc1)C(=O)O)S(=O)(=O)c1ccc(F)cc1. The molecule has 1 aliphatic heterocycles. The average Bonchev–Trinajstić information content (AvgIpc) is 3.56. The number of nitrogens with zero attached hydrogens (tertiary/aromatic N) is 5. The Morgan fingerprint density at radius 2 is 1.76 bits per heavy atom. The monoisotopic (exact) mass is 639 g/mol. The number of carbonyl (C=O) groups is 2. The number of aromatic nitrogens is 2. The predicted molar refractivity (Wildman–Crippen MR) is 166 cm³/mol. The third-order valence-corrected chi connectivity index (χ3v) is 8.84. The molecule has 1 atom stereocenters. The van der Waals surface area contributed by atoms with Gasteiger partial charge in [-0.3, -0.25) is 5.73 Å². The summed E-state index contributed by atoms with van der Waals surface area (Å²) in [6.45, 7) is 5.95. The van der Waals surface area contributed by atoms with Crippen molar-refractivity contribution in [3.05, 3.63) is 66.1 Å². The Bertz CT molecular complexity index is 1670. The first kappa shape index (κ1) is 33.0. The number of nitrogens with one attached hydrogen (secondary N) is 1. The van der Waals surface area contributed by atoms with E-state index in [0.717, 1.165) is 43.3 Å². The third-order valence-electron chi connectivity index (χ3n) is 7.19. The van der Waals surface area contributed by atoms with E-state index >= 15 is 0 Å². The number of benzene rings is 2. The number of carbonyl (C=O) groups excluding carboxylic acids is 1. The standard InChI is InChI=1S/C30H34FN7O6S/c1-4-36(5-2)28-33-20-25(38(6-3)45(42,43)24-15-11-22(31)12-16-24)26(34-28)35-30(32,27(39)40)19-21-9-13-23(14-10-21)44-29(41)37-17-7-8-18-37/h3,9-16,20H,4-5,7-8,17-19,32H2,1-2H3,(H,39,40)(H,33,34,35). The summed E-state index contributed by atoms with van der Waals surface area (Å²) in [6, 6.07) is 12.3. The predicted octanol–water partition coefficient (Wildman–Crippen LogP) is 3.24. The molecule has 1 aliphatic rings. The van der Waals surface area contributed by atoms with E-state index in [1.807, 2.05) is 13.8 Å². The molecule has 1 unspecified atom stereocenters. The highest BCUT2D eigenvalue weighted by molar-refractivity contribution is 7.93. The first-order chi connectivity index (χ1) is 21.4. The van der Waals surface area contributed by atoms with Crippen molar-refractivity contribution < 1.29 is 32.2 Å². The normalized spacial score (nSPS) is 14.2. The molecule has 0 aliphatic carbocycles. The Morgan fingerprint density at radius 1 is 1.13 bits per heavy atom. The van der Waals surface area contributed by atoms with Gasteiger partial charge in [-0.15, -0.1) is 0 Å². The molecular formula is C30H34FN7O6S. The molecule has 0 spiro atoms. The van der Waals surface area contributed by atoms with Crippen molar-refractivity contribution >= 4 is 39.5 Å². The van der Waals surface area contributed by atoms with Crippen molar-refractivity contribution in [2.45, 2.75) is 43.7 Å². The number of amides is 1. The molecule has 4 N–H and O–H groups in total. The molecule has 0 bridgehead atoms. The van der Waals surface area contributed by atoms with E-state index in [-0.39, 0.29) is 34.5 Å². The molecule has 1 amide bonds. The van der Waals surface area contributed by atoms with Crippen molar-refractivity contribution in [3.63, 3.8) is 0 Å². The minimum absolute atomic E-state index is 0.166. The molecule has 1 saturated heterocycles. The van der Waals surface area contributed by atoms with Crippen molar-refractivity contribution in [3.8, 4) is 18.2 Å². The van der Waals surface area contributed by atoms with Crippen LogP contribution in [0.25, 0.3) is 0 Å². The van der Waals surface area contributed by atoms with E-state index in [2.05, 4.69) is 21.3 Å². The van der Waals surface area contributed by atoms with Crippen LogP contribution in [0.5, 0.6) is 5.75 Å². The second-order valence-corrected chi connectivity index (χ2v) is 12.0. The molecule has 238 valence electrons. The Hall–Kier alpha value is -4.94. The van der Waals surface area contributed by atoms with Gasteiger partial charge in [0.15, 0.2) is 11.5 Å². The van der Waals surface area contributed by atoms with Crippen LogP contribution in [-0.4, -0.2) is 72.3 Å². The van der Waals surface area contributed by atoms with Crippen LogP contribution in [0.4, 0.5) is 26.6 Å². The minimum Gasteiger partial charge on any atom is -0.478 e. The summed E-state index contributed by atoms with van der Waals surface area (Å²) >= 11 is 0. The minimum atomic E-state index is -4.48. The number of anilines is 3. The number of rotatable bonds is 12. The number of aliphatic carboxylic acids is 1. The van der Waals surface area contributed by atoms with Gasteiger partial charge < -0.3 is 25.0 Å². The van der Waals surface area contributed by atoms with E-state index < -0.39 is 33.6 Å². The number of hydrogen-bond donors (Lipinski definition) is 3. The van der Waals surface area contributed by atoms with Crippen molar-refractivity contribution in [2.24, 2.45) is 5.73 Å². The van der Waals surface area contributed by atoms with Gasteiger partial charge in [0.25, 0.3) is 10.0 Å². The van der Waals surface area contributed by atoms with Gasteiger partial charge in [0.05, 0.1) is 11.1 Å². The summed E-state index contributed by atoms with van der Waals surface area (Å²) < 4.78 is 46.5. The lowest BCUT2D eigenvalue weighted by Gasteiger charge is -2.30. The number of sulfonamides is 1. The first-order valence-electron chi connectivity index (χ1n) is 14.2. The molecule has 0 radical (unpaired) electrons. The lowest BCUT2D eigenvalue weighted by Crippen LogP contribution is -2.57. The van der Waals surface area contributed by atoms with Gasteiger partial charge in [0, 0.05) is 38.6 Å². The van der Waals surface area contributed by atoms with E-state index in [9.17, 15) is 27.5 Å². The van der Waals surface area contributed by atoms with Gasteiger partial charge in [-0.2, -0.15) is 9.29 Å². The van der Waals surface area contributed by atoms with E-state index in [1.165, 1.54) is 12.1 Å². The molecule has 3 aromatic rings. The van der Waals surface area contributed by atoms with Crippen LogP contribution in [0.1, 0.15) is 32.3 Å². The van der Waals surface area contributed by atoms with Crippen molar-refractivity contribution in [1.82, 2.24) is 14.9 Å². The summed E-state index contributed by atoms with van der Waals surface area (Å²) in [5.41, 5.74) is 4.36. The molecule has 2 aromatic carbocycles.